The number of nitrogens with two attached hydrogens (primary N) is 1. The summed E-state index contributed by atoms with van der Waals surface area (Å²) in [7, 11) is 0. The summed E-state index contributed by atoms with van der Waals surface area (Å²) in [5, 5.41) is 0. The highest BCUT2D eigenvalue weighted by Crippen LogP contribution is 2.29. The van der Waals surface area contributed by atoms with Crippen molar-refractivity contribution in [3.8, 4) is 0 Å². The molecule has 1 aliphatic carbocycles. The maximum Gasteiger partial charge on any atom is 0.181 e. The molecule has 1 aromatic rings. The van der Waals surface area contributed by atoms with Gasteiger partial charge in [0.15, 0.2) is 12.1 Å². The van der Waals surface area contributed by atoms with E-state index in [1.54, 1.807) is 6.07 Å². The van der Waals surface area contributed by atoms with Crippen molar-refractivity contribution in [1.82, 2.24) is 0 Å². The molecule has 1 heterocycles. The first kappa shape index (κ1) is 7.64. The number of fused-ring (bicyclic) bond motifs is 1. The molecule has 0 amide bonds. The topological polar surface area (TPSA) is 60.2 Å². The van der Waals surface area contributed by atoms with E-state index in [0.717, 1.165) is 11.2 Å². The van der Waals surface area contributed by atoms with Crippen LogP contribution in [-0.4, -0.2) is 18.1 Å². The first-order chi connectivity index (χ1) is 5.72. The van der Waals surface area contributed by atoms with Gasteiger partial charge in [-0.15, -0.1) is 11.3 Å². The Morgan fingerprint density at radius 3 is 3.00 bits per heavy atom. The highest BCUT2D eigenvalue weighted by atomic mass is 32.1. The predicted octanol–water partition coefficient (Wildman–Crippen LogP) is 0.627. The summed E-state index contributed by atoms with van der Waals surface area (Å²) in [5.74, 6) is -0.0330. The maximum absolute atomic E-state index is 11.3. The lowest BCUT2D eigenvalue weighted by molar-refractivity contribution is 0.0974. The minimum Gasteiger partial charge on any atom is -0.321 e. The van der Waals surface area contributed by atoms with Crippen molar-refractivity contribution in [3.05, 3.63) is 21.4 Å². The normalized spacial score (nSPS) is 21.1. The van der Waals surface area contributed by atoms with Crippen LogP contribution in [0.3, 0.4) is 0 Å². The van der Waals surface area contributed by atoms with E-state index in [0.29, 0.717) is 16.9 Å². The fourth-order valence-electron chi connectivity index (χ4n) is 1.36. The monoisotopic (exact) mass is 181 g/mol. The minimum atomic E-state index is -0.382. The van der Waals surface area contributed by atoms with Gasteiger partial charge < -0.3 is 5.73 Å². The summed E-state index contributed by atoms with van der Waals surface area (Å²) in [6.07, 6.45) is 1.36. The van der Waals surface area contributed by atoms with Crippen molar-refractivity contribution in [2.75, 3.05) is 0 Å². The molecule has 0 saturated carbocycles. The summed E-state index contributed by atoms with van der Waals surface area (Å²) in [5.41, 5.74) is 6.18. The van der Waals surface area contributed by atoms with Gasteiger partial charge in [0.2, 0.25) is 0 Å². The zero-order valence-electron chi connectivity index (χ0n) is 6.24. The van der Waals surface area contributed by atoms with Gasteiger partial charge in [-0.1, -0.05) is 0 Å². The van der Waals surface area contributed by atoms with E-state index < -0.39 is 0 Å². The van der Waals surface area contributed by atoms with E-state index in [4.69, 9.17) is 5.73 Å². The molecule has 3 nitrogen and oxygen atoms in total. The van der Waals surface area contributed by atoms with Crippen LogP contribution in [0.4, 0.5) is 0 Å². The predicted molar refractivity (Wildman–Crippen MR) is 45.7 cm³/mol. The van der Waals surface area contributed by atoms with Crippen LogP contribution < -0.4 is 5.73 Å². The quantitative estimate of drug-likeness (QED) is 0.646. The van der Waals surface area contributed by atoms with E-state index in [1.807, 2.05) is 0 Å². The smallest absolute Gasteiger partial charge is 0.181 e. The number of ketones is 1. The summed E-state index contributed by atoms with van der Waals surface area (Å²) < 4.78 is 0. The summed E-state index contributed by atoms with van der Waals surface area (Å²) >= 11 is 1.36. The number of hydrogen-bond donors (Lipinski definition) is 1. The molecule has 0 aliphatic heterocycles. The maximum atomic E-state index is 11.3. The van der Waals surface area contributed by atoms with Crippen LogP contribution in [0.5, 0.6) is 0 Å². The number of rotatable bonds is 1. The molecule has 2 rings (SSSR count). The van der Waals surface area contributed by atoms with Crippen LogP contribution >= 0.6 is 11.3 Å². The van der Waals surface area contributed by atoms with Gasteiger partial charge in [0.1, 0.15) is 0 Å². The molecule has 1 unspecified atom stereocenters. The number of carbonyl (C=O) groups excluding carboxylic acids is 2. The van der Waals surface area contributed by atoms with Gasteiger partial charge in [-0.2, -0.15) is 0 Å². The van der Waals surface area contributed by atoms with Crippen LogP contribution in [0.1, 0.15) is 24.9 Å². The van der Waals surface area contributed by atoms with E-state index in [9.17, 15) is 9.59 Å². The lowest BCUT2D eigenvalue weighted by Crippen LogP contribution is -2.26. The third-order valence-corrected chi connectivity index (χ3v) is 3.03. The van der Waals surface area contributed by atoms with Gasteiger partial charge in [-0.3, -0.25) is 9.59 Å². The fraction of sp³-hybridized carbons (Fsp3) is 0.250. The molecule has 1 aliphatic rings. The van der Waals surface area contributed by atoms with Gasteiger partial charge in [0, 0.05) is 16.9 Å². The van der Waals surface area contributed by atoms with Gasteiger partial charge in [-0.25, -0.2) is 0 Å². The highest BCUT2D eigenvalue weighted by Gasteiger charge is 2.29. The molecule has 1 aromatic heterocycles. The van der Waals surface area contributed by atoms with Gasteiger partial charge in [0.25, 0.3) is 0 Å². The van der Waals surface area contributed by atoms with Crippen molar-refractivity contribution >= 4 is 23.4 Å². The molecule has 4 heteroatoms. The zero-order chi connectivity index (χ0) is 8.72. The second-order valence-electron chi connectivity index (χ2n) is 2.78. The van der Waals surface area contributed by atoms with Crippen LogP contribution in [0.2, 0.25) is 0 Å². The second kappa shape index (κ2) is 2.50. The fourth-order valence-corrected chi connectivity index (χ4v) is 2.40. The average molecular weight is 181 g/mol. The third-order valence-electron chi connectivity index (χ3n) is 1.95. The Balaban J connectivity index is 2.49. The molecule has 62 valence electrons. The van der Waals surface area contributed by atoms with E-state index in [2.05, 4.69) is 0 Å². The molecular weight excluding hydrogens is 174 g/mol. The minimum absolute atomic E-state index is 0.0330. The summed E-state index contributed by atoms with van der Waals surface area (Å²) in [4.78, 5) is 23.2. The van der Waals surface area contributed by atoms with Crippen molar-refractivity contribution in [2.24, 2.45) is 5.73 Å². The number of Topliss-reactive ketones (excluding diaryl/α,β-unsaturated/α-hetero) is 1. The third kappa shape index (κ3) is 0.922. The molecule has 0 saturated heterocycles. The molecule has 1 atom stereocenters. The molecule has 0 spiro atoms. The SMILES string of the molecule is NC1Cc2sc(C=O)cc2C1=O. The van der Waals surface area contributed by atoms with Gasteiger partial charge in [0.05, 0.1) is 10.9 Å². The molecule has 0 radical (unpaired) electrons. The van der Waals surface area contributed by atoms with Crippen molar-refractivity contribution in [2.45, 2.75) is 12.5 Å². The zero-order valence-corrected chi connectivity index (χ0v) is 7.06. The Morgan fingerprint density at radius 2 is 2.42 bits per heavy atom. The summed E-state index contributed by atoms with van der Waals surface area (Å²) in [6, 6.07) is 1.24. The lowest BCUT2D eigenvalue weighted by atomic mass is 10.2. The van der Waals surface area contributed by atoms with E-state index >= 15 is 0 Å². The molecule has 2 N–H and O–H groups in total. The first-order valence-electron chi connectivity index (χ1n) is 3.60. The number of aldehydes is 1. The molecule has 0 fully saturated rings. The Bertz CT molecular complexity index is 356. The van der Waals surface area contributed by atoms with E-state index in [1.165, 1.54) is 11.3 Å². The lowest BCUT2D eigenvalue weighted by Gasteiger charge is -1.95. The van der Waals surface area contributed by atoms with Gasteiger partial charge >= 0.3 is 0 Å². The van der Waals surface area contributed by atoms with Crippen LogP contribution in [0.15, 0.2) is 6.07 Å². The Hall–Kier alpha value is -1.00. The average Bonchev–Trinajstić information content (AvgIpc) is 2.55. The molecular formula is C8H7NO2S. The van der Waals surface area contributed by atoms with Crippen LogP contribution in [0.25, 0.3) is 0 Å². The number of hydrogen-bond acceptors (Lipinski definition) is 4. The van der Waals surface area contributed by atoms with Gasteiger partial charge in [-0.05, 0) is 6.07 Å². The standard InChI is InChI=1S/C8H7NO2S/c9-6-2-7-5(8(6)11)1-4(3-10)12-7/h1,3,6H,2,9H2. The Kier molecular flexibility index (Phi) is 1.59. The second-order valence-corrected chi connectivity index (χ2v) is 3.95. The van der Waals surface area contributed by atoms with Crippen molar-refractivity contribution < 1.29 is 9.59 Å². The number of carbonyl (C=O) groups is 2. The molecule has 12 heavy (non-hydrogen) atoms. The first-order valence-corrected chi connectivity index (χ1v) is 4.41. The Labute approximate surface area is 73.2 Å². The highest BCUT2D eigenvalue weighted by molar-refractivity contribution is 7.14. The van der Waals surface area contributed by atoms with Crippen molar-refractivity contribution in [3.63, 3.8) is 0 Å². The van der Waals surface area contributed by atoms with Crippen molar-refractivity contribution in [1.29, 1.82) is 0 Å². The van der Waals surface area contributed by atoms with E-state index in [-0.39, 0.29) is 11.8 Å². The number of thiophene rings is 1. The largest absolute Gasteiger partial charge is 0.321 e. The molecule has 0 bridgehead atoms. The molecule has 0 aromatic carbocycles. The van der Waals surface area contributed by atoms with Crippen LogP contribution in [-0.2, 0) is 6.42 Å². The Morgan fingerprint density at radius 1 is 1.67 bits per heavy atom. The van der Waals surface area contributed by atoms with Crippen LogP contribution in [0, 0.1) is 0 Å². The summed E-state index contributed by atoms with van der Waals surface area (Å²) in [6.45, 7) is 0.